The van der Waals surface area contributed by atoms with Crippen molar-refractivity contribution in [2.24, 2.45) is 10.7 Å². The summed E-state index contributed by atoms with van der Waals surface area (Å²) in [6.45, 7) is 13.9. The third kappa shape index (κ3) is 5.31. The molecule has 1 aliphatic heterocycles. The van der Waals surface area contributed by atoms with E-state index in [-0.39, 0.29) is 0 Å². The molecule has 0 saturated carbocycles. The average molecular weight is 303 g/mol. The first-order valence-corrected chi connectivity index (χ1v) is 8.17. The number of rotatable bonds is 5. The molecule has 0 spiro atoms. The molecule has 0 amide bonds. The highest BCUT2D eigenvalue weighted by molar-refractivity contribution is 5.92. The highest BCUT2D eigenvalue weighted by Gasteiger charge is 2.14. The summed E-state index contributed by atoms with van der Waals surface area (Å²) in [5.41, 5.74) is 9.44. The topological polar surface area (TPSA) is 56.9 Å². The Labute approximate surface area is 134 Å². The quantitative estimate of drug-likeness (QED) is 0.642. The van der Waals surface area contributed by atoms with Crippen molar-refractivity contribution >= 4 is 11.6 Å². The maximum atomic E-state index is 5.98. The molecule has 3 N–H and O–H groups in total. The molecule has 0 radical (unpaired) electrons. The van der Waals surface area contributed by atoms with Crippen LogP contribution < -0.4 is 11.1 Å². The van der Waals surface area contributed by atoms with Crippen molar-refractivity contribution < 1.29 is 0 Å². The number of likely N-dealkylation sites (N-methyl/N-ethyl adjacent to an activating group) is 1. The van der Waals surface area contributed by atoms with E-state index in [0.29, 0.717) is 5.96 Å². The molecule has 122 valence electrons. The molecule has 0 aliphatic carbocycles. The SMILES string of the molecule is CCN1CCN(CCN=C(N)Nc2cc(C)cc(C)c2)CC1. The van der Waals surface area contributed by atoms with E-state index >= 15 is 0 Å². The van der Waals surface area contributed by atoms with Crippen LogP contribution in [0.5, 0.6) is 0 Å². The van der Waals surface area contributed by atoms with Gasteiger partial charge in [0.1, 0.15) is 0 Å². The zero-order valence-corrected chi connectivity index (χ0v) is 14.1. The number of guanidine groups is 1. The number of benzene rings is 1. The average Bonchev–Trinajstić information content (AvgIpc) is 2.47. The van der Waals surface area contributed by atoms with Crippen LogP contribution in [0.15, 0.2) is 23.2 Å². The van der Waals surface area contributed by atoms with Gasteiger partial charge in [-0.25, -0.2) is 0 Å². The second-order valence-corrected chi connectivity index (χ2v) is 6.04. The largest absolute Gasteiger partial charge is 0.370 e. The standard InChI is InChI=1S/C17H29N5/c1-4-21-7-9-22(10-8-21)6-5-19-17(18)20-16-12-14(2)11-15(3)13-16/h11-13H,4-10H2,1-3H3,(H3,18,19,20). The summed E-state index contributed by atoms with van der Waals surface area (Å²) in [6.07, 6.45) is 0. The van der Waals surface area contributed by atoms with Gasteiger partial charge in [-0.3, -0.25) is 9.89 Å². The lowest BCUT2D eigenvalue weighted by atomic mass is 10.1. The highest BCUT2D eigenvalue weighted by atomic mass is 15.3. The number of aliphatic imine (C=N–C) groups is 1. The van der Waals surface area contributed by atoms with E-state index in [1.807, 2.05) is 0 Å². The predicted octanol–water partition coefficient (Wildman–Crippen LogP) is 1.67. The molecular formula is C17H29N5. The molecule has 1 aliphatic rings. The summed E-state index contributed by atoms with van der Waals surface area (Å²) in [5.74, 6) is 0.497. The third-order valence-electron chi connectivity index (χ3n) is 4.10. The zero-order chi connectivity index (χ0) is 15.9. The number of hydrogen-bond donors (Lipinski definition) is 2. The molecule has 1 saturated heterocycles. The van der Waals surface area contributed by atoms with E-state index in [9.17, 15) is 0 Å². The summed E-state index contributed by atoms with van der Waals surface area (Å²) in [5, 5.41) is 3.18. The highest BCUT2D eigenvalue weighted by Crippen LogP contribution is 2.13. The second kappa shape index (κ2) is 8.15. The van der Waals surface area contributed by atoms with E-state index < -0.39 is 0 Å². The van der Waals surface area contributed by atoms with Gasteiger partial charge < -0.3 is 16.0 Å². The molecule has 2 rings (SSSR count). The van der Waals surface area contributed by atoms with Gasteiger partial charge in [-0.1, -0.05) is 13.0 Å². The Hall–Kier alpha value is -1.59. The number of anilines is 1. The predicted molar refractivity (Wildman–Crippen MR) is 94.6 cm³/mol. The van der Waals surface area contributed by atoms with Gasteiger partial charge in [0.25, 0.3) is 0 Å². The fourth-order valence-electron chi connectivity index (χ4n) is 2.88. The van der Waals surface area contributed by atoms with Crippen molar-refractivity contribution in [2.45, 2.75) is 20.8 Å². The van der Waals surface area contributed by atoms with Crippen molar-refractivity contribution in [2.75, 3.05) is 51.1 Å². The van der Waals surface area contributed by atoms with Crippen molar-refractivity contribution in [1.29, 1.82) is 0 Å². The van der Waals surface area contributed by atoms with Crippen LogP contribution in [0.25, 0.3) is 0 Å². The molecule has 0 unspecified atom stereocenters. The van der Waals surface area contributed by atoms with Crippen LogP contribution in [0, 0.1) is 13.8 Å². The number of nitrogens with zero attached hydrogens (tertiary/aromatic N) is 3. The fraction of sp³-hybridized carbons (Fsp3) is 0.588. The molecule has 0 bridgehead atoms. The Morgan fingerprint density at radius 2 is 1.68 bits per heavy atom. The maximum absolute atomic E-state index is 5.98. The van der Waals surface area contributed by atoms with E-state index in [4.69, 9.17) is 5.73 Å². The van der Waals surface area contributed by atoms with Crippen molar-refractivity contribution in [3.05, 3.63) is 29.3 Å². The van der Waals surface area contributed by atoms with Crippen molar-refractivity contribution in [3.63, 3.8) is 0 Å². The summed E-state index contributed by atoms with van der Waals surface area (Å²) in [4.78, 5) is 9.38. The molecule has 5 heteroatoms. The molecule has 1 heterocycles. The van der Waals surface area contributed by atoms with E-state index in [1.165, 1.54) is 11.1 Å². The van der Waals surface area contributed by atoms with Crippen molar-refractivity contribution in [1.82, 2.24) is 9.80 Å². The maximum Gasteiger partial charge on any atom is 0.193 e. The number of nitrogens with two attached hydrogens (primary N) is 1. The Bertz CT molecular complexity index is 484. The Morgan fingerprint density at radius 3 is 2.27 bits per heavy atom. The van der Waals surface area contributed by atoms with Crippen LogP contribution >= 0.6 is 0 Å². The summed E-state index contributed by atoms with van der Waals surface area (Å²) >= 11 is 0. The van der Waals surface area contributed by atoms with Crippen LogP contribution in [0.4, 0.5) is 5.69 Å². The van der Waals surface area contributed by atoms with Gasteiger partial charge in [0, 0.05) is 38.4 Å². The van der Waals surface area contributed by atoms with Crippen LogP contribution in [-0.2, 0) is 0 Å². The Balaban J connectivity index is 1.76. The van der Waals surface area contributed by atoms with E-state index in [2.05, 4.69) is 59.1 Å². The normalized spacial score (nSPS) is 17.7. The van der Waals surface area contributed by atoms with Crippen molar-refractivity contribution in [3.8, 4) is 0 Å². The second-order valence-electron chi connectivity index (χ2n) is 6.04. The minimum absolute atomic E-state index is 0.497. The first-order chi connectivity index (χ1) is 10.6. The third-order valence-corrected chi connectivity index (χ3v) is 4.10. The lowest BCUT2D eigenvalue weighted by Crippen LogP contribution is -2.46. The van der Waals surface area contributed by atoms with Gasteiger partial charge in [0.15, 0.2) is 5.96 Å². The van der Waals surface area contributed by atoms with Gasteiger partial charge >= 0.3 is 0 Å². The molecule has 5 nitrogen and oxygen atoms in total. The van der Waals surface area contributed by atoms with Gasteiger partial charge in [0.05, 0.1) is 6.54 Å². The number of nitrogens with one attached hydrogen (secondary N) is 1. The van der Waals surface area contributed by atoms with Gasteiger partial charge in [-0.15, -0.1) is 0 Å². The molecular weight excluding hydrogens is 274 g/mol. The molecule has 22 heavy (non-hydrogen) atoms. The van der Waals surface area contributed by atoms with Crippen LogP contribution in [0.1, 0.15) is 18.1 Å². The molecule has 1 fully saturated rings. The lowest BCUT2D eigenvalue weighted by Gasteiger charge is -2.33. The van der Waals surface area contributed by atoms with E-state index in [0.717, 1.165) is 51.5 Å². The summed E-state index contributed by atoms with van der Waals surface area (Å²) < 4.78 is 0. The smallest absolute Gasteiger partial charge is 0.193 e. The minimum Gasteiger partial charge on any atom is -0.370 e. The van der Waals surface area contributed by atoms with Gasteiger partial charge in [0.2, 0.25) is 0 Å². The first-order valence-electron chi connectivity index (χ1n) is 8.17. The monoisotopic (exact) mass is 303 g/mol. The van der Waals surface area contributed by atoms with E-state index in [1.54, 1.807) is 0 Å². The van der Waals surface area contributed by atoms with Crippen LogP contribution in [0.2, 0.25) is 0 Å². The van der Waals surface area contributed by atoms with Gasteiger partial charge in [-0.2, -0.15) is 0 Å². The summed E-state index contributed by atoms with van der Waals surface area (Å²) in [7, 11) is 0. The number of piperazine rings is 1. The zero-order valence-electron chi connectivity index (χ0n) is 14.1. The molecule has 0 atom stereocenters. The molecule has 0 aromatic heterocycles. The molecule has 1 aromatic rings. The summed E-state index contributed by atoms with van der Waals surface area (Å²) in [6, 6.07) is 6.31. The minimum atomic E-state index is 0.497. The van der Waals surface area contributed by atoms with Gasteiger partial charge in [-0.05, 0) is 43.7 Å². The Morgan fingerprint density at radius 1 is 1.09 bits per heavy atom. The fourth-order valence-corrected chi connectivity index (χ4v) is 2.88. The molecule has 1 aromatic carbocycles. The van der Waals surface area contributed by atoms with Crippen LogP contribution in [-0.4, -0.2) is 61.6 Å². The Kier molecular flexibility index (Phi) is 6.21. The number of aryl methyl sites for hydroxylation is 2. The first kappa shape index (κ1) is 16.8. The van der Waals surface area contributed by atoms with Crippen LogP contribution in [0.3, 0.4) is 0 Å². The number of hydrogen-bond acceptors (Lipinski definition) is 3. The lowest BCUT2D eigenvalue weighted by molar-refractivity contribution is 0.140.